The number of rotatable bonds is 5. The molecular weight excluding hydrogens is 498 g/mol. The molecule has 1 unspecified atom stereocenters. The Balaban J connectivity index is 1.35. The summed E-state index contributed by atoms with van der Waals surface area (Å²) in [5, 5.41) is 7.44. The predicted octanol–water partition coefficient (Wildman–Crippen LogP) is 5.86. The van der Waals surface area contributed by atoms with Crippen molar-refractivity contribution in [1.82, 2.24) is 9.29 Å². The molecule has 0 radical (unpaired) electrons. The third-order valence-electron chi connectivity index (χ3n) is 5.65. The lowest BCUT2D eigenvalue weighted by atomic mass is 10.0. The van der Waals surface area contributed by atoms with E-state index in [0.29, 0.717) is 28.9 Å². The highest BCUT2D eigenvalue weighted by molar-refractivity contribution is 7.91. The molecule has 1 fully saturated rings. The maximum Gasteiger partial charge on any atom is 0.253 e. The number of nitrogens with one attached hydrogen (secondary N) is 1. The number of anilines is 1. The fraction of sp³-hybridized carbons (Fsp3) is 0.217. The standard InChI is InChI=1S/C23H20ClN3O3S3/c24-20-10-11-21(32-20)33(29,30)27-12-4-3-7-19(27)22(28)26-23-25-18(14-31-23)17-9-8-15-5-1-2-6-16(15)13-17/h1-2,5-6,8-11,13-14,19H,3-4,7,12H2,(H,25,26,28). The summed E-state index contributed by atoms with van der Waals surface area (Å²) in [5.74, 6) is -0.361. The summed E-state index contributed by atoms with van der Waals surface area (Å²) in [7, 11) is -3.80. The third-order valence-corrected chi connectivity index (χ3v) is 10.0. The van der Waals surface area contributed by atoms with Gasteiger partial charge in [-0.2, -0.15) is 4.31 Å². The second-order valence-electron chi connectivity index (χ2n) is 7.77. The van der Waals surface area contributed by atoms with Crippen molar-refractivity contribution in [3.8, 4) is 11.3 Å². The van der Waals surface area contributed by atoms with Crippen molar-refractivity contribution in [2.45, 2.75) is 29.5 Å². The van der Waals surface area contributed by atoms with Crippen molar-refractivity contribution in [2.24, 2.45) is 0 Å². The number of sulfonamides is 1. The Morgan fingerprint density at radius 2 is 1.91 bits per heavy atom. The second-order valence-corrected chi connectivity index (χ2v) is 12.5. The molecule has 1 atom stereocenters. The molecule has 3 heterocycles. The van der Waals surface area contributed by atoms with Gasteiger partial charge in [-0.3, -0.25) is 4.79 Å². The first-order valence-electron chi connectivity index (χ1n) is 10.4. The maximum absolute atomic E-state index is 13.1. The summed E-state index contributed by atoms with van der Waals surface area (Å²) in [4.78, 5) is 17.7. The van der Waals surface area contributed by atoms with Gasteiger partial charge in [-0.15, -0.1) is 22.7 Å². The summed E-state index contributed by atoms with van der Waals surface area (Å²) in [6, 6.07) is 16.5. The van der Waals surface area contributed by atoms with Crippen LogP contribution in [0.4, 0.5) is 5.13 Å². The molecule has 0 spiro atoms. The molecule has 0 saturated carbocycles. The van der Waals surface area contributed by atoms with Crippen LogP contribution < -0.4 is 5.32 Å². The van der Waals surface area contributed by atoms with E-state index in [-0.39, 0.29) is 10.1 Å². The van der Waals surface area contributed by atoms with E-state index in [1.54, 1.807) is 6.07 Å². The molecule has 1 amide bonds. The van der Waals surface area contributed by atoms with Crippen LogP contribution in [-0.4, -0.2) is 36.2 Å². The highest BCUT2D eigenvalue weighted by atomic mass is 35.5. The van der Waals surface area contributed by atoms with Gasteiger partial charge in [-0.05, 0) is 41.8 Å². The maximum atomic E-state index is 13.1. The van der Waals surface area contributed by atoms with Gasteiger partial charge in [-0.1, -0.05) is 54.4 Å². The molecule has 10 heteroatoms. The minimum atomic E-state index is -3.80. The Morgan fingerprint density at radius 3 is 2.70 bits per heavy atom. The molecule has 0 bridgehead atoms. The minimum absolute atomic E-state index is 0.153. The van der Waals surface area contributed by atoms with E-state index >= 15 is 0 Å². The van der Waals surface area contributed by atoms with Crippen LogP contribution in [0.2, 0.25) is 4.34 Å². The molecule has 170 valence electrons. The largest absolute Gasteiger partial charge is 0.301 e. The van der Waals surface area contributed by atoms with Crippen molar-refractivity contribution >= 4 is 66.1 Å². The molecule has 1 aliphatic heterocycles. The zero-order chi connectivity index (χ0) is 23.0. The van der Waals surface area contributed by atoms with E-state index < -0.39 is 16.1 Å². The predicted molar refractivity (Wildman–Crippen MR) is 135 cm³/mol. The van der Waals surface area contributed by atoms with E-state index in [1.807, 2.05) is 35.7 Å². The molecule has 4 aromatic rings. The van der Waals surface area contributed by atoms with E-state index in [4.69, 9.17) is 11.6 Å². The molecule has 1 N–H and O–H groups in total. The number of piperidine rings is 1. The number of thiazole rings is 1. The number of thiophene rings is 1. The number of carbonyl (C=O) groups is 1. The van der Waals surface area contributed by atoms with E-state index in [2.05, 4.69) is 22.4 Å². The zero-order valence-electron chi connectivity index (χ0n) is 17.4. The summed E-state index contributed by atoms with van der Waals surface area (Å²) >= 11 is 8.27. The number of nitrogens with zero attached hydrogens (tertiary/aromatic N) is 2. The van der Waals surface area contributed by atoms with E-state index in [0.717, 1.165) is 39.8 Å². The van der Waals surface area contributed by atoms with Crippen LogP contribution in [0.25, 0.3) is 22.0 Å². The summed E-state index contributed by atoms with van der Waals surface area (Å²) in [5.41, 5.74) is 1.73. The SMILES string of the molecule is O=C(Nc1nc(-c2ccc3ccccc3c2)cs1)C1CCCCN1S(=O)(=O)c1ccc(Cl)s1. The van der Waals surface area contributed by atoms with Crippen LogP contribution in [-0.2, 0) is 14.8 Å². The van der Waals surface area contributed by atoms with Gasteiger partial charge in [0.05, 0.1) is 10.0 Å². The van der Waals surface area contributed by atoms with Gasteiger partial charge in [0, 0.05) is 17.5 Å². The number of hydrogen-bond donors (Lipinski definition) is 1. The van der Waals surface area contributed by atoms with Crippen molar-refractivity contribution in [1.29, 1.82) is 0 Å². The van der Waals surface area contributed by atoms with Gasteiger partial charge in [0.25, 0.3) is 10.0 Å². The van der Waals surface area contributed by atoms with Gasteiger partial charge < -0.3 is 5.32 Å². The third kappa shape index (κ3) is 4.56. The van der Waals surface area contributed by atoms with Crippen LogP contribution in [0.5, 0.6) is 0 Å². The first-order valence-corrected chi connectivity index (χ1v) is 14.0. The lowest BCUT2D eigenvalue weighted by Crippen LogP contribution is -2.49. The summed E-state index contributed by atoms with van der Waals surface area (Å²) in [6.45, 7) is 0.302. The molecule has 33 heavy (non-hydrogen) atoms. The number of carbonyl (C=O) groups excluding carboxylic acids is 1. The Hall–Kier alpha value is -2.30. The smallest absolute Gasteiger partial charge is 0.253 e. The first-order chi connectivity index (χ1) is 15.9. The Labute approximate surface area is 204 Å². The number of halogens is 1. The Morgan fingerprint density at radius 1 is 1.09 bits per heavy atom. The molecule has 1 saturated heterocycles. The summed E-state index contributed by atoms with van der Waals surface area (Å²) in [6.07, 6.45) is 1.97. The van der Waals surface area contributed by atoms with Crippen LogP contribution in [0.1, 0.15) is 19.3 Å². The average Bonchev–Trinajstić information content (AvgIpc) is 3.48. The second kappa shape index (κ2) is 9.15. The van der Waals surface area contributed by atoms with Crippen LogP contribution >= 0.6 is 34.3 Å². The van der Waals surface area contributed by atoms with Gasteiger partial charge >= 0.3 is 0 Å². The van der Waals surface area contributed by atoms with Crippen LogP contribution in [0.15, 0.2) is 64.2 Å². The molecule has 0 aliphatic carbocycles. The molecule has 6 nitrogen and oxygen atoms in total. The van der Waals surface area contributed by atoms with Gasteiger partial charge in [-0.25, -0.2) is 13.4 Å². The fourth-order valence-electron chi connectivity index (χ4n) is 4.01. The first kappa shape index (κ1) is 22.5. The van der Waals surface area contributed by atoms with E-state index in [9.17, 15) is 13.2 Å². The number of benzene rings is 2. The van der Waals surface area contributed by atoms with E-state index in [1.165, 1.54) is 21.7 Å². The quantitative estimate of drug-likeness (QED) is 0.359. The molecule has 1 aliphatic rings. The molecule has 5 rings (SSSR count). The topological polar surface area (TPSA) is 79.4 Å². The molecule has 2 aromatic heterocycles. The van der Waals surface area contributed by atoms with Gasteiger partial charge in [0.1, 0.15) is 10.3 Å². The highest BCUT2D eigenvalue weighted by Gasteiger charge is 2.38. The zero-order valence-corrected chi connectivity index (χ0v) is 20.6. The Bertz CT molecular complexity index is 1430. The van der Waals surface area contributed by atoms with Crippen molar-refractivity contribution in [3.63, 3.8) is 0 Å². The fourth-order valence-corrected chi connectivity index (χ4v) is 8.00. The van der Waals surface area contributed by atoms with Crippen LogP contribution in [0.3, 0.4) is 0 Å². The number of hydrogen-bond acceptors (Lipinski definition) is 6. The van der Waals surface area contributed by atoms with Gasteiger partial charge in [0.15, 0.2) is 5.13 Å². The van der Waals surface area contributed by atoms with Gasteiger partial charge in [0.2, 0.25) is 5.91 Å². The number of aromatic nitrogens is 1. The molecule has 2 aromatic carbocycles. The lowest BCUT2D eigenvalue weighted by molar-refractivity contribution is -0.120. The minimum Gasteiger partial charge on any atom is -0.301 e. The van der Waals surface area contributed by atoms with Crippen molar-refractivity contribution in [3.05, 3.63) is 64.3 Å². The monoisotopic (exact) mass is 517 g/mol. The summed E-state index contributed by atoms with van der Waals surface area (Å²) < 4.78 is 28.1. The number of amides is 1. The highest BCUT2D eigenvalue weighted by Crippen LogP contribution is 2.33. The lowest BCUT2D eigenvalue weighted by Gasteiger charge is -2.32. The van der Waals surface area contributed by atoms with Crippen molar-refractivity contribution < 1.29 is 13.2 Å². The molecular formula is C23H20ClN3O3S3. The number of fused-ring (bicyclic) bond motifs is 1. The van der Waals surface area contributed by atoms with Crippen LogP contribution in [0, 0.1) is 0 Å². The van der Waals surface area contributed by atoms with Crippen molar-refractivity contribution in [2.75, 3.05) is 11.9 Å². The normalized spacial score (nSPS) is 17.3. The average molecular weight is 518 g/mol. The Kier molecular flexibility index (Phi) is 6.24.